The van der Waals surface area contributed by atoms with E-state index in [1.54, 1.807) is 54.6 Å². The maximum Gasteiger partial charge on any atom is 0.255 e. The van der Waals surface area contributed by atoms with Gasteiger partial charge in [0.15, 0.2) is 17.3 Å². The van der Waals surface area contributed by atoms with E-state index < -0.39 is 5.79 Å². The molecular weight excluding hydrogens is 354 g/mol. The summed E-state index contributed by atoms with van der Waals surface area (Å²) in [5, 5.41) is 2.84. The molecule has 0 aromatic heterocycles. The number of hydrogen-bond donors (Lipinski definition) is 1. The van der Waals surface area contributed by atoms with Gasteiger partial charge in [-0.2, -0.15) is 0 Å². The molecule has 4 rings (SSSR count). The van der Waals surface area contributed by atoms with E-state index in [0.29, 0.717) is 33.9 Å². The Morgan fingerprint density at radius 2 is 1.36 bits per heavy atom. The average Bonchev–Trinajstić information content (AvgIpc) is 3.01. The minimum atomic E-state index is -0.716. The van der Waals surface area contributed by atoms with Crippen molar-refractivity contribution in [1.82, 2.24) is 0 Å². The van der Waals surface area contributed by atoms with Crippen LogP contribution in [-0.4, -0.2) is 17.5 Å². The highest BCUT2D eigenvalue weighted by Gasteiger charge is 2.31. The van der Waals surface area contributed by atoms with Crippen LogP contribution >= 0.6 is 0 Å². The Bertz CT molecular complexity index is 1040. The van der Waals surface area contributed by atoms with Gasteiger partial charge in [-0.3, -0.25) is 9.59 Å². The molecule has 1 aliphatic rings. The van der Waals surface area contributed by atoms with E-state index in [1.165, 1.54) is 0 Å². The second-order valence-electron chi connectivity index (χ2n) is 6.99. The maximum absolute atomic E-state index is 12.5. The molecule has 0 bridgehead atoms. The van der Waals surface area contributed by atoms with Gasteiger partial charge < -0.3 is 14.8 Å². The molecule has 140 valence electrons. The number of amides is 1. The van der Waals surface area contributed by atoms with Crippen LogP contribution in [0.3, 0.4) is 0 Å². The van der Waals surface area contributed by atoms with Gasteiger partial charge in [0.2, 0.25) is 5.79 Å². The lowest BCUT2D eigenvalue weighted by Crippen LogP contribution is -2.29. The number of rotatable bonds is 4. The minimum absolute atomic E-state index is 0.0778. The van der Waals surface area contributed by atoms with Crippen LogP contribution in [0.4, 0.5) is 5.69 Å². The zero-order valence-corrected chi connectivity index (χ0v) is 15.6. The van der Waals surface area contributed by atoms with E-state index in [4.69, 9.17) is 9.47 Å². The number of benzene rings is 3. The third kappa shape index (κ3) is 3.60. The third-order valence-corrected chi connectivity index (χ3v) is 4.36. The van der Waals surface area contributed by atoms with Gasteiger partial charge in [-0.05, 0) is 24.3 Å². The van der Waals surface area contributed by atoms with E-state index in [2.05, 4.69) is 5.32 Å². The Kier molecular flexibility index (Phi) is 4.35. The fourth-order valence-electron chi connectivity index (χ4n) is 3.03. The van der Waals surface area contributed by atoms with Crippen molar-refractivity contribution in [2.75, 3.05) is 5.32 Å². The summed E-state index contributed by atoms with van der Waals surface area (Å²) in [5.74, 6) is 0.174. The first-order chi connectivity index (χ1) is 13.4. The molecule has 0 spiro atoms. The summed E-state index contributed by atoms with van der Waals surface area (Å²) in [6.07, 6.45) is 0. The number of anilines is 1. The SMILES string of the molecule is CC1(C)Oc2ccc(NC(=O)c3ccc(C(=O)c4ccccc4)cc3)cc2O1. The molecule has 1 amide bonds. The summed E-state index contributed by atoms with van der Waals surface area (Å²) in [6.45, 7) is 3.65. The summed E-state index contributed by atoms with van der Waals surface area (Å²) in [5.41, 5.74) is 2.22. The first kappa shape index (κ1) is 17.8. The predicted molar refractivity (Wildman–Crippen MR) is 106 cm³/mol. The van der Waals surface area contributed by atoms with Crippen molar-refractivity contribution in [1.29, 1.82) is 0 Å². The molecule has 28 heavy (non-hydrogen) atoms. The van der Waals surface area contributed by atoms with Crippen molar-refractivity contribution in [2.24, 2.45) is 0 Å². The van der Waals surface area contributed by atoms with Gasteiger partial charge in [0.05, 0.1) is 0 Å². The maximum atomic E-state index is 12.5. The Labute approximate surface area is 162 Å². The highest BCUT2D eigenvalue weighted by Crippen LogP contribution is 2.40. The molecule has 0 saturated heterocycles. The summed E-state index contributed by atoms with van der Waals surface area (Å²) in [6, 6.07) is 20.9. The van der Waals surface area contributed by atoms with Gasteiger partial charge in [-0.25, -0.2) is 0 Å². The molecule has 0 atom stereocenters. The Hall–Kier alpha value is -3.60. The average molecular weight is 373 g/mol. The van der Waals surface area contributed by atoms with Crippen molar-refractivity contribution in [3.05, 3.63) is 89.5 Å². The number of carbonyl (C=O) groups excluding carboxylic acids is 2. The van der Waals surface area contributed by atoms with Gasteiger partial charge in [0.25, 0.3) is 5.91 Å². The van der Waals surface area contributed by atoms with Crippen LogP contribution in [0.25, 0.3) is 0 Å². The van der Waals surface area contributed by atoms with Crippen molar-refractivity contribution in [3.8, 4) is 11.5 Å². The van der Waals surface area contributed by atoms with Gasteiger partial charge >= 0.3 is 0 Å². The summed E-state index contributed by atoms with van der Waals surface area (Å²) >= 11 is 0. The van der Waals surface area contributed by atoms with Crippen molar-refractivity contribution >= 4 is 17.4 Å². The molecule has 0 saturated carbocycles. The van der Waals surface area contributed by atoms with Crippen molar-refractivity contribution in [3.63, 3.8) is 0 Å². The molecule has 0 unspecified atom stereocenters. The lowest BCUT2D eigenvalue weighted by atomic mass is 10.0. The fraction of sp³-hybridized carbons (Fsp3) is 0.130. The molecule has 5 heteroatoms. The monoisotopic (exact) mass is 373 g/mol. The van der Waals surface area contributed by atoms with Gasteiger partial charge in [0.1, 0.15) is 0 Å². The zero-order valence-electron chi connectivity index (χ0n) is 15.6. The van der Waals surface area contributed by atoms with Crippen molar-refractivity contribution in [2.45, 2.75) is 19.6 Å². The number of hydrogen-bond acceptors (Lipinski definition) is 4. The number of nitrogens with one attached hydrogen (secondary N) is 1. The van der Waals surface area contributed by atoms with Crippen LogP contribution in [0.2, 0.25) is 0 Å². The molecule has 0 radical (unpaired) electrons. The first-order valence-corrected chi connectivity index (χ1v) is 8.94. The summed E-state index contributed by atoms with van der Waals surface area (Å²) in [4.78, 5) is 25.0. The second kappa shape index (κ2) is 6.85. The number of ketones is 1. The fourth-order valence-corrected chi connectivity index (χ4v) is 3.03. The molecule has 1 N–H and O–H groups in total. The largest absolute Gasteiger partial charge is 0.449 e. The summed E-state index contributed by atoms with van der Waals surface area (Å²) < 4.78 is 11.3. The van der Waals surface area contributed by atoms with E-state index >= 15 is 0 Å². The molecule has 3 aromatic rings. The van der Waals surface area contributed by atoms with Crippen LogP contribution in [0.15, 0.2) is 72.8 Å². The highest BCUT2D eigenvalue weighted by atomic mass is 16.7. The number of ether oxygens (including phenoxy) is 2. The molecule has 1 aliphatic heterocycles. The van der Waals surface area contributed by atoms with Gasteiger partial charge in [0, 0.05) is 42.3 Å². The van der Waals surface area contributed by atoms with Crippen molar-refractivity contribution < 1.29 is 19.1 Å². The molecule has 1 heterocycles. The number of fused-ring (bicyclic) bond motifs is 1. The molecule has 3 aromatic carbocycles. The van der Waals surface area contributed by atoms with E-state index in [-0.39, 0.29) is 11.7 Å². The van der Waals surface area contributed by atoms with Crippen LogP contribution in [0.5, 0.6) is 11.5 Å². The molecule has 0 aliphatic carbocycles. The Morgan fingerprint density at radius 3 is 2.07 bits per heavy atom. The Morgan fingerprint density at radius 1 is 0.750 bits per heavy atom. The van der Waals surface area contributed by atoms with Gasteiger partial charge in [-0.15, -0.1) is 0 Å². The first-order valence-electron chi connectivity index (χ1n) is 8.94. The second-order valence-corrected chi connectivity index (χ2v) is 6.99. The number of carbonyl (C=O) groups is 2. The lowest BCUT2D eigenvalue weighted by molar-refractivity contribution is -0.0431. The van der Waals surface area contributed by atoms with Crippen LogP contribution in [-0.2, 0) is 0 Å². The molecule has 0 fully saturated rings. The third-order valence-electron chi connectivity index (χ3n) is 4.36. The standard InChI is InChI=1S/C23H19NO4/c1-23(2)27-19-13-12-18(14-20(19)28-23)24-22(26)17-10-8-16(9-11-17)21(25)15-6-4-3-5-7-15/h3-14H,1-2H3,(H,24,26). The Balaban J connectivity index is 1.47. The van der Waals surface area contributed by atoms with Crippen LogP contribution in [0, 0.1) is 0 Å². The lowest BCUT2D eigenvalue weighted by Gasteiger charge is -2.16. The van der Waals surface area contributed by atoms with Crippen LogP contribution in [0.1, 0.15) is 40.1 Å². The smallest absolute Gasteiger partial charge is 0.255 e. The van der Waals surface area contributed by atoms with E-state index in [0.717, 1.165) is 0 Å². The van der Waals surface area contributed by atoms with Gasteiger partial charge in [-0.1, -0.05) is 42.5 Å². The van der Waals surface area contributed by atoms with Crippen LogP contribution < -0.4 is 14.8 Å². The summed E-state index contributed by atoms with van der Waals surface area (Å²) in [7, 11) is 0. The highest BCUT2D eigenvalue weighted by molar-refractivity contribution is 6.10. The molecular formula is C23H19NO4. The predicted octanol–water partition coefficient (Wildman–Crippen LogP) is 4.68. The minimum Gasteiger partial charge on any atom is -0.449 e. The topological polar surface area (TPSA) is 64.6 Å². The quantitative estimate of drug-likeness (QED) is 0.675. The molecule has 5 nitrogen and oxygen atoms in total. The zero-order chi connectivity index (χ0) is 19.7. The van der Waals surface area contributed by atoms with E-state index in [9.17, 15) is 9.59 Å². The van der Waals surface area contributed by atoms with E-state index in [1.807, 2.05) is 32.0 Å². The normalized spacial score (nSPS) is 13.8.